The van der Waals surface area contributed by atoms with Crippen molar-refractivity contribution in [3.05, 3.63) is 41.2 Å². The largest absolute Gasteiger partial charge is 0.511 e. The number of carbonyl (C=O) groups excluding carboxylic acids is 1. The molecule has 0 amide bonds. The molecule has 1 N–H and O–H groups in total. The number of allylic oxidation sites excluding steroid dienone is 2. The van der Waals surface area contributed by atoms with Gasteiger partial charge in [0.15, 0.2) is 5.78 Å². The minimum atomic E-state index is -0.0526. The van der Waals surface area contributed by atoms with Crippen LogP contribution in [0.3, 0.4) is 0 Å². The fourth-order valence-corrected chi connectivity index (χ4v) is 2.58. The Morgan fingerprint density at radius 2 is 2.00 bits per heavy atom. The Balaban J connectivity index is 2.06. The van der Waals surface area contributed by atoms with Crippen molar-refractivity contribution in [2.24, 2.45) is 4.99 Å². The number of nitrogens with zero attached hydrogens (tertiary/aromatic N) is 2. The van der Waals surface area contributed by atoms with Gasteiger partial charge in [-0.25, -0.2) is 0 Å². The number of hydrogen-bond acceptors (Lipinski definition) is 5. The molecule has 5 nitrogen and oxygen atoms in total. The lowest BCUT2D eigenvalue weighted by Gasteiger charge is -2.22. The van der Waals surface area contributed by atoms with Crippen LogP contribution in [-0.4, -0.2) is 56.3 Å². The number of methoxy groups -OCH3 is 1. The number of rotatable bonds is 6. The van der Waals surface area contributed by atoms with Crippen LogP contribution in [-0.2, 0) is 4.79 Å². The molecule has 0 saturated heterocycles. The molecule has 0 aromatic heterocycles. The van der Waals surface area contributed by atoms with Gasteiger partial charge in [0.1, 0.15) is 11.5 Å². The van der Waals surface area contributed by atoms with Gasteiger partial charge in [-0.3, -0.25) is 9.79 Å². The Morgan fingerprint density at radius 1 is 1.30 bits per heavy atom. The molecule has 1 aromatic carbocycles. The average Bonchev–Trinajstić information content (AvgIpc) is 2.53. The van der Waals surface area contributed by atoms with Crippen LogP contribution < -0.4 is 4.74 Å². The van der Waals surface area contributed by atoms with Crippen molar-refractivity contribution in [3.63, 3.8) is 0 Å². The molecule has 1 atom stereocenters. The molecule has 1 aliphatic rings. The lowest BCUT2D eigenvalue weighted by Crippen LogP contribution is -2.20. The number of ketones is 1. The molecule has 0 radical (unpaired) electrons. The topological polar surface area (TPSA) is 62.1 Å². The lowest BCUT2D eigenvalue weighted by molar-refractivity contribution is -0.116. The van der Waals surface area contributed by atoms with Crippen molar-refractivity contribution in [2.75, 3.05) is 34.3 Å². The maximum atomic E-state index is 12.3. The van der Waals surface area contributed by atoms with Crippen LogP contribution in [0.4, 0.5) is 0 Å². The fourth-order valence-electron chi connectivity index (χ4n) is 2.58. The number of aliphatic hydroxyl groups excluding tert-OH is 1. The summed E-state index contributed by atoms with van der Waals surface area (Å²) >= 11 is 0. The average molecular weight is 316 g/mol. The van der Waals surface area contributed by atoms with E-state index in [1.54, 1.807) is 7.11 Å². The van der Waals surface area contributed by atoms with Gasteiger partial charge in [-0.1, -0.05) is 12.1 Å². The maximum Gasteiger partial charge on any atom is 0.168 e. The van der Waals surface area contributed by atoms with E-state index in [1.165, 1.54) is 6.21 Å². The van der Waals surface area contributed by atoms with E-state index in [9.17, 15) is 9.90 Å². The molecule has 1 unspecified atom stereocenters. The minimum absolute atomic E-state index is 0.00679. The van der Waals surface area contributed by atoms with Gasteiger partial charge < -0.3 is 14.7 Å². The third-order valence-corrected chi connectivity index (χ3v) is 3.97. The number of Topliss-reactive ketones (excluding diaryl/α,β-unsaturated/α-hetero) is 1. The van der Waals surface area contributed by atoms with Gasteiger partial charge in [-0.2, -0.15) is 0 Å². The molecule has 0 heterocycles. The first-order valence-electron chi connectivity index (χ1n) is 7.75. The molecule has 0 aliphatic heterocycles. The highest BCUT2D eigenvalue weighted by Crippen LogP contribution is 2.33. The molecule has 0 saturated carbocycles. The van der Waals surface area contributed by atoms with Crippen LogP contribution in [0.5, 0.6) is 5.75 Å². The molecule has 124 valence electrons. The van der Waals surface area contributed by atoms with Crippen molar-refractivity contribution in [1.82, 2.24) is 4.90 Å². The first-order valence-corrected chi connectivity index (χ1v) is 7.75. The highest BCUT2D eigenvalue weighted by Gasteiger charge is 2.27. The zero-order valence-corrected chi connectivity index (χ0v) is 14.0. The molecule has 0 fully saturated rings. The van der Waals surface area contributed by atoms with Gasteiger partial charge in [-0.15, -0.1) is 0 Å². The van der Waals surface area contributed by atoms with Crippen LogP contribution >= 0.6 is 0 Å². The van der Waals surface area contributed by atoms with E-state index in [0.29, 0.717) is 25.0 Å². The Hall–Kier alpha value is -2.14. The van der Waals surface area contributed by atoms with Gasteiger partial charge in [0, 0.05) is 25.6 Å². The smallest absolute Gasteiger partial charge is 0.168 e. The molecule has 2 rings (SSSR count). The van der Waals surface area contributed by atoms with Crippen LogP contribution in [0, 0.1) is 0 Å². The molecular formula is C18H24N2O3. The first kappa shape index (κ1) is 17.2. The Labute approximate surface area is 137 Å². The van der Waals surface area contributed by atoms with Crippen molar-refractivity contribution in [1.29, 1.82) is 0 Å². The zero-order valence-electron chi connectivity index (χ0n) is 14.0. The normalized spacial score (nSPS) is 19.0. The summed E-state index contributed by atoms with van der Waals surface area (Å²) in [6.45, 7) is 1.42. The summed E-state index contributed by atoms with van der Waals surface area (Å²) in [6.07, 6.45) is 2.38. The number of carbonyl (C=O) groups is 1. The molecule has 5 heteroatoms. The molecule has 0 bridgehead atoms. The zero-order chi connectivity index (χ0) is 16.8. The highest BCUT2D eigenvalue weighted by atomic mass is 16.5. The van der Waals surface area contributed by atoms with Crippen molar-refractivity contribution in [2.45, 2.75) is 18.8 Å². The van der Waals surface area contributed by atoms with Crippen molar-refractivity contribution >= 4 is 12.0 Å². The SMILES string of the molecule is COc1ccc(C2CC(=O)C(C=NCCN(C)C)=C(O)C2)cc1. The Kier molecular flexibility index (Phi) is 5.93. The van der Waals surface area contributed by atoms with Crippen LogP contribution in [0.15, 0.2) is 40.6 Å². The quantitative estimate of drug-likeness (QED) is 0.820. The Bertz CT molecular complexity index is 603. The molecule has 0 spiro atoms. The second-order valence-electron chi connectivity index (χ2n) is 6.00. The number of likely N-dealkylation sites (N-methyl/N-ethyl adjacent to an activating group) is 1. The maximum absolute atomic E-state index is 12.3. The van der Waals surface area contributed by atoms with Crippen LogP contribution in [0.1, 0.15) is 24.3 Å². The summed E-state index contributed by atoms with van der Waals surface area (Å²) in [7, 11) is 5.56. The molecule has 1 aliphatic carbocycles. The molecular weight excluding hydrogens is 292 g/mol. The molecule has 1 aromatic rings. The number of aliphatic imine (C=N–C) groups is 1. The summed E-state index contributed by atoms with van der Waals surface area (Å²) in [5, 5.41) is 10.2. The second kappa shape index (κ2) is 7.92. The van der Waals surface area contributed by atoms with E-state index in [1.807, 2.05) is 43.3 Å². The Morgan fingerprint density at radius 3 is 2.57 bits per heavy atom. The molecule has 23 heavy (non-hydrogen) atoms. The van der Waals surface area contributed by atoms with Gasteiger partial charge in [0.2, 0.25) is 0 Å². The lowest BCUT2D eigenvalue weighted by atomic mass is 9.83. The van der Waals surface area contributed by atoms with Crippen molar-refractivity contribution < 1.29 is 14.6 Å². The number of benzene rings is 1. The van der Waals surface area contributed by atoms with Gasteiger partial charge >= 0.3 is 0 Å². The predicted molar refractivity (Wildman–Crippen MR) is 91.5 cm³/mol. The first-order chi connectivity index (χ1) is 11.0. The van der Waals surface area contributed by atoms with Crippen LogP contribution in [0.25, 0.3) is 0 Å². The van der Waals surface area contributed by atoms with E-state index in [4.69, 9.17) is 4.74 Å². The monoisotopic (exact) mass is 316 g/mol. The summed E-state index contributed by atoms with van der Waals surface area (Å²) in [5.74, 6) is 0.871. The third kappa shape index (κ3) is 4.66. The summed E-state index contributed by atoms with van der Waals surface area (Å²) < 4.78 is 5.14. The summed E-state index contributed by atoms with van der Waals surface area (Å²) in [4.78, 5) is 18.6. The highest BCUT2D eigenvalue weighted by molar-refractivity contribution is 6.14. The minimum Gasteiger partial charge on any atom is -0.511 e. The van der Waals surface area contributed by atoms with Crippen molar-refractivity contribution in [3.8, 4) is 5.75 Å². The van der Waals surface area contributed by atoms with E-state index in [2.05, 4.69) is 4.99 Å². The number of ether oxygens (including phenoxy) is 1. The van der Waals surface area contributed by atoms with Gasteiger partial charge in [0.25, 0.3) is 0 Å². The second-order valence-corrected chi connectivity index (χ2v) is 6.00. The third-order valence-electron chi connectivity index (χ3n) is 3.97. The number of hydrogen-bond donors (Lipinski definition) is 1. The van der Waals surface area contributed by atoms with Gasteiger partial charge in [0.05, 0.1) is 19.2 Å². The fraction of sp³-hybridized carbons (Fsp3) is 0.444. The van der Waals surface area contributed by atoms with E-state index in [-0.39, 0.29) is 17.5 Å². The predicted octanol–water partition coefficient (Wildman–Crippen LogP) is 2.59. The van der Waals surface area contributed by atoms with Gasteiger partial charge in [-0.05, 0) is 37.7 Å². The summed E-state index contributed by atoms with van der Waals surface area (Å²) in [5.41, 5.74) is 1.39. The van der Waals surface area contributed by atoms with E-state index >= 15 is 0 Å². The summed E-state index contributed by atoms with van der Waals surface area (Å²) in [6, 6.07) is 7.64. The van der Waals surface area contributed by atoms with Crippen LogP contribution in [0.2, 0.25) is 0 Å². The van der Waals surface area contributed by atoms with E-state index < -0.39 is 0 Å². The number of aliphatic hydroxyl groups is 1. The standard InChI is InChI=1S/C18H24N2O3/c1-20(2)9-8-19-12-16-17(21)10-14(11-18(16)22)13-4-6-15(23-3)7-5-13/h4-7,12,14,21H,8-11H2,1-3H3. The van der Waals surface area contributed by atoms with E-state index in [0.717, 1.165) is 17.9 Å².